The van der Waals surface area contributed by atoms with Crippen molar-refractivity contribution < 1.29 is 14.3 Å². The first kappa shape index (κ1) is 7.50. The van der Waals surface area contributed by atoms with Crippen LogP contribution in [0.15, 0.2) is 28.7 Å². The molecule has 0 amide bonds. The average Bonchev–Trinajstić information content (AvgIpc) is 2.53. The van der Waals surface area contributed by atoms with Crippen molar-refractivity contribution in [1.82, 2.24) is 0 Å². The molecule has 0 saturated carbocycles. The molecule has 70 valence electrons. The van der Waals surface area contributed by atoms with E-state index in [1.807, 2.05) is 24.3 Å². The minimum Gasteiger partial charge on any atom is -0.489 e. The molecule has 1 aliphatic heterocycles. The molecule has 0 bridgehead atoms. The molecule has 0 radical (unpaired) electrons. The molecule has 0 spiro atoms. The summed E-state index contributed by atoms with van der Waals surface area (Å²) >= 11 is 0. The Morgan fingerprint density at radius 2 is 2.14 bits per heavy atom. The third-order valence-corrected chi connectivity index (χ3v) is 2.27. The van der Waals surface area contributed by atoms with Crippen LogP contribution in [0.5, 0.6) is 11.7 Å². The first-order valence-electron chi connectivity index (χ1n) is 4.39. The summed E-state index contributed by atoms with van der Waals surface area (Å²) in [7, 11) is 0. The SMILES string of the molecule is Oc1cc2cc3c(cc2o1)C=CCO3. The molecule has 3 heteroatoms. The van der Waals surface area contributed by atoms with Crippen LogP contribution in [0.4, 0.5) is 0 Å². The predicted molar refractivity (Wildman–Crippen MR) is 52.4 cm³/mol. The van der Waals surface area contributed by atoms with E-state index in [0.29, 0.717) is 12.2 Å². The van der Waals surface area contributed by atoms with Gasteiger partial charge in [-0.2, -0.15) is 0 Å². The molecule has 1 N–H and O–H groups in total. The molecule has 3 rings (SSSR count). The van der Waals surface area contributed by atoms with Gasteiger partial charge in [0.15, 0.2) is 0 Å². The van der Waals surface area contributed by atoms with Crippen molar-refractivity contribution in [3.8, 4) is 11.7 Å². The molecule has 2 heterocycles. The van der Waals surface area contributed by atoms with E-state index in [0.717, 1.165) is 16.7 Å². The Morgan fingerprint density at radius 1 is 1.21 bits per heavy atom. The number of hydrogen-bond donors (Lipinski definition) is 1. The number of fused-ring (bicyclic) bond motifs is 2. The van der Waals surface area contributed by atoms with Crippen LogP contribution in [-0.2, 0) is 0 Å². The Morgan fingerprint density at radius 3 is 3.07 bits per heavy atom. The molecule has 0 saturated heterocycles. The maximum atomic E-state index is 9.17. The van der Waals surface area contributed by atoms with Gasteiger partial charge in [-0.3, -0.25) is 0 Å². The van der Waals surface area contributed by atoms with Crippen molar-refractivity contribution in [1.29, 1.82) is 0 Å². The van der Waals surface area contributed by atoms with Crippen molar-refractivity contribution in [3.63, 3.8) is 0 Å². The van der Waals surface area contributed by atoms with Crippen LogP contribution < -0.4 is 4.74 Å². The van der Waals surface area contributed by atoms with E-state index in [1.165, 1.54) is 0 Å². The summed E-state index contributed by atoms with van der Waals surface area (Å²) in [6.45, 7) is 0.600. The topological polar surface area (TPSA) is 42.6 Å². The van der Waals surface area contributed by atoms with Gasteiger partial charge < -0.3 is 14.3 Å². The lowest BCUT2D eigenvalue weighted by Gasteiger charge is -2.11. The van der Waals surface area contributed by atoms with E-state index in [9.17, 15) is 5.11 Å². The second-order valence-corrected chi connectivity index (χ2v) is 3.23. The van der Waals surface area contributed by atoms with Gasteiger partial charge in [0.25, 0.3) is 5.95 Å². The number of furan rings is 1. The van der Waals surface area contributed by atoms with Gasteiger partial charge >= 0.3 is 0 Å². The minimum absolute atomic E-state index is 0.0636. The lowest BCUT2D eigenvalue weighted by atomic mass is 10.1. The van der Waals surface area contributed by atoms with Crippen molar-refractivity contribution in [2.75, 3.05) is 6.61 Å². The monoisotopic (exact) mass is 188 g/mol. The fraction of sp³-hybridized carbons (Fsp3) is 0.0909. The highest BCUT2D eigenvalue weighted by atomic mass is 16.5. The molecular formula is C11H8O3. The summed E-state index contributed by atoms with van der Waals surface area (Å²) in [5.41, 5.74) is 1.66. The third kappa shape index (κ3) is 0.988. The van der Waals surface area contributed by atoms with E-state index in [2.05, 4.69) is 0 Å². The molecule has 1 aliphatic rings. The maximum absolute atomic E-state index is 9.17. The van der Waals surface area contributed by atoms with Gasteiger partial charge in [0.2, 0.25) is 0 Å². The molecule has 0 unspecified atom stereocenters. The van der Waals surface area contributed by atoms with Crippen LogP contribution in [0.1, 0.15) is 5.56 Å². The third-order valence-electron chi connectivity index (χ3n) is 2.27. The Labute approximate surface area is 80.2 Å². The maximum Gasteiger partial charge on any atom is 0.282 e. The molecule has 0 fully saturated rings. The second kappa shape index (κ2) is 2.54. The Balaban J connectivity index is 2.33. The van der Waals surface area contributed by atoms with Gasteiger partial charge in [0, 0.05) is 17.0 Å². The van der Waals surface area contributed by atoms with Crippen molar-refractivity contribution >= 4 is 17.0 Å². The smallest absolute Gasteiger partial charge is 0.282 e. The number of benzene rings is 1. The van der Waals surface area contributed by atoms with Gasteiger partial charge in [-0.1, -0.05) is 6.08 Å². The van der Waals surface area contributed by atoms with E-state index in [-0.39, 0.29) is 5.95 Å². The number of hydrogen-bond acceptors (Lipinski definition) is 3. The van der Waals surface area contributed by atoms with Crippen LogP contribution in [-0.4, -0.2) is 11.7 Å². The molecular weight excluding hydrogens is 180 g/mol. The van der Waals surface area contributed by atoms with E-state index in [4.69, 9.17) is 9.15 Å². The molecule has 0 atom stereocenters. The summed E-state index contributed by atoms with van der Waals surface area (Å²) in [5.74, 6) is 0.770. The van der Waals surface area contributed by atoms with E-state index in [1.54, 1.807) is 6.07 Å². The second-order valence-electron chi connectivity index (χ2n) is 3.23. The Bertz CT molecular complexity index is 523. The lowest BCUT2D eigenvalue weighted by molar-refractivity contribution is 0.346. The number of ether oxygens (including phenoxy) is 1. The quantitative estimate of drug-likeness (QED) is 0.690. The fourth-order valence-electron chi connectivity index (χ4n) is 1.64. The standard InChI is InChI=1S/C11H8O3/c12-11-6-8-5-9-7(2-1-3-13-9)4-10(8)14-11/h1-2,4-6,12H,3H2. The Kier molecular flexibility index (Phi) is 1.36. The number of rotatable bonds is 0. The normalized spacial score (nSPS) is 14.0. The summed E-state index contributed by atoms with van der Waals surface area (Å²) in [4.78, 5) is 0. The Hall–Kier alpha value is -1.90. The summed E-state index contributed by atoms with van der Waals surface area (Å²) in [6.07, 6.45) is 3.93. The highest BCUT2D eigenvalue weighted by Gasteiger charge is 2.10. The van der Waals surface area contributed by atoms with Crippen LogP contribution in [0.25, 0.3) is 17.0 Å². The van der Waals surface area contributed by atoms with Crippen LogP contribution in [0, 0.1) is 0 Å². The predicted octanol–water partition coefficient (Wildman–Crippen LogP) is 2.54. The van der Waals surface area contributed by atoms with Crippen LogP contribution in [0.3, 0.4) is 0 Å². The van der Waals surface area contributed by atoms with Gasteiger partial charge in [-0.25, -0.2) is 0 Å². The van der Waals surface area contributed by atoms with E-state index >= 15 is 0 Å². The molecule has 14 heavy (non-hydrogen) atoms. The first-order chi connectivity index (χ1) is 6.83. The van der Waals surface area contributed by atoms with Gasteiger partial charge in [-0.15, -0.1) is 0 Å². The summed E-state index contributed by atoms with van der Waals surface area (Å²) < 4.78 is 10.5. The van der Waals surface area contributed by atoms with Gasteiger partial charge in [0.05, 0.1) is 0 Å². The zero-order valence-electron chi connectivity index (χ0n) is 7.36. The van der Waals surface area contributed by atoms with Gasteiger partial charge in [-0.05, 0) is 18.2 Å². The van der Waals surface area contributed by atoms with Crippen LogP contribution >= 0.6 is 0 Å². The largest absolute Gasteiger partial charge is 0.489 e. The van der Waals surface area contributed by atoms with Crippen molar-refractivity contribution in [2.24, 2.45) is 0 Å². The molecule has 1 aromatic carbocycles. The van der Waals surface area contributed by atoms with E-state index < -0.39 is 0 Å². The molecule has 3 nitrogen and oxygen atoms in total. The summed E-state index contributed by atoms with van der Waals surface area (Å²) in [6, 6.07) is 5.31. The van der Waals surface area contributed by atoms with Crippen LogP contribution in [0.2, 0.25) is 0 Å². The first-order valence-corrected chi connectivity index (χ1v) is 4.39. The zero-order valence-corrected chi connectivity index (χ0v) is 7.36. The number of aromatic hydroxyl groups is 1. The average molecular weight is 188 g/mol. The molecule has 1 aromatic heterocycles. The van der Waals surface area contributed by atoms with Crippen molar-refractivity contribution in [3.05, 3.63) is 29.8 Å². The highest BCUT2D eigenvalue weighted by Crippen LogP contribution is 2.32. The highest BCUT2D eigenvalue weighted by molar-refractivity contribution is 5.84. The zero-order chi connectivity index (χ0) is 9.54. The van der Waals surface area contributed by atoms with Crippen molar-refractivity contribution in [2.45, 2.75) is 0 Å². The molecule has 2 aromatic rings. The molecule has 0 aliphatic carbocycles. The van der Waals surface area contributed by atoms with Gasteiger partial charge in [0.1, 0.15) is 17.9 Å². The summed E-state index contributed by atoms with van der Waals surface area (Å²) in [5, 5.41) is 10.0. The minimum atomic E-state index is -0.0636. The fourth-order valence-corrected chi connectivity index (χ4v) is 1.64. The lowest BCUT2D eigenvalue weighted by Crippen LogP contribution is -1.99.